The first-order chi connectivity index (χ1) is 27.2. The van der Waals surface area contributed by atoms with Gasteiger partial charge in [-0.3, -0.25) is 29.1 Å². The lowest BCUT2D eigenvalue weighted by molar-refractivity contribution is -0.164. The van der Waals surface area contributed by atoms with Crippen molar-refractivity contribution in [2.45, 2.75) is 84.9 Å². The highest BCUT2D eigenvalue weighted by Crippen LogP contribution is 2.55. The standard InChI is InChI=1S/C42H49ClN8O6/c1-25-48-35-29(38(55)51(25)31-15-17-34(52)49-37(31)54)10-9-11-32(35)56-21-8-6-7-18-45-19-20-46-33-16-13-27(24-47-33)36(53)50-39-41(2,3)40(42(39,4)5)57-28-14-12-26(23-44)30(43)22-28/h9-14,16,22,24,31,39-40,45H,6-8,15,17-21H2,1-5H3,(H,46,47)(H,50,53)(H,49,52,54). The molecule has 2 fully saturated rings. The number of piperidine rings is 1. The Bertz CT molecular complexity index is 2230. The monoisotopic (exact) mass is 796 g/mol. The minimum Gasteiger partial charge on any atom is -0.491 e. The molecule has 3 heterocycles. The van der Waals surface area contributed by atoms with Gasteiger partial charge >= 0.3 is 0 Å². The molecule has 1 saturated heterocycles. The molecule has 2 aromatic carbocycles. The Morgan fingerprint density at radius 1 is 1.04 bits per heavy atom. The summed E-state index contributed by atoms with van der Waals surface area (Å²) >= 11 is 6.22. The molecule has 3 amide bonds. The molecule has 1 saturated carbocycles. The number of amides is 3. The number of unbranched alkanes of at least 4 members (excludes halogenated alkanes) is 2. The van der Waals surface area contributed by atoms with E-state index in [1.165, 1.54) is 4.57 Å². The third kappa shape index (κ3) is 8.90. The number of anilines is 1. The molecule has 6 rings (SSSR count). The topological polar surface area (TPSA) is 189 Å². The zero-order chi connectivity index (χ0) is 40.9. The molecule has 0 radical (unpaired) electrons. The van der Waals surface area contributed by atoms with E-state index >= 15 is 0 Å². The fourth-order valence-corrected chi connectivity index (χ4v) is 8.49. The summed E-state index contributed by atoms with van der Waals surface area (Å²) in [6.07, 6.45) is 4.53. The number of carbonyl (C=O) groups excluding carboxylic acids is 3. The molecule has 57 heavy (non-hydrogen) atoms. The quantitative estimate of drug-likeness (QED) is 0.0832. The highest BCUT2D eigenvalue weighted by atomic mass is 35.5. The fraction of sp³-hybridized carbons (Fsp3) is 0.452. The van der Waals surface area contributed by atoms with Crippen molar-refractivity contribution in [3.8, 4) is 17.6 Å². The number of fused-ring (bicyclic) bond motifs is 1. The Morgan fingerprint density at radius 2 is 1.82 bits per heavy atom. The maximum atomic E-state index is 13.4. The van der Waals surface area contributed by atoms with Crippen molar-refractivity contribution in [1.29, 1.82) is 5.26 Å². The van der Waals surface area contributed by atoms with Crippen LogP contribution in [0, 0.1) is 29.1 Å². The van der Waals surface area contributed by atoms with Crippen LogP contribution in [0.4, 0.5) is 5.82 Å². The van der Waals surface area contributed by atoms with E-state index in [4.69, 9.17) is 21.1 Å². The second kappa shape index (κ2) is 17.3. The molecule has 4 aromatic rings. The smallest absolute Gasteiger partial charge is 0.262 e. The van der Waals surface area contributed by atoms with E-state index in [1.807, 2.05) is 0 Å². The van der Waals surface area contributed by atoms with Crippen LogP contribution in [0.15, 0.2) is 59.5 Å². The predicted molar refractivity (Wildman–Crippen MR) is 217 cm³/mol. The molecule has 300 valence electrons. The average molecular weight is 797 g/mol. The summed E-state index contributed by atoms with van der Waals surface area (Å²) in [6, 6.07) is 14.9. The minimum atomic E-state index is -0.774. The molecular formula is C42H49ClN8O6. The number of nitrogens with zero attached hydrogens (tertiary/aromatic N) is 4. The lowest BCUT2D eigenvalue weighted by atomic mass is 9.49. The van der Waals surface area contributed by atoms with Gasteiger partial charge in [0.05, 0.1) is 28.1 Å². The Labute approximate surface area is 336 Å². The fourth-order valence-electron chi connectivity index (χ4n) is 8.27. The first-order valence-corrected chi connectivity index (χ1v) is 19.7. The van der Waals surface area contributed by atoms with E-state index in [0.717, 1.165) is 32.4 Å². The summed E-state index contributed by atoms with van der Waals surface area (Å²) in [5.41, 5.74) is 0.239. The van der Waals surface area contributed by atoms with Crippen molar-refractivity contribution in [3.05, 3.63) is 87.1 Å². The number of hydrogen-bond donors (Lipinski definition) is 4. The number of carbonyl (C=O) groups is 3. The van der Waals surface area contributed by atoms with E-state index in [2.05, 4.69) is 65.0 Å². The van der Waals surface area contributed by atoms with Gasteiger partial charge in [-0.15, -0.1) is 0 Å². The first kappa shape index (κ1) is 41.1. The number of nitrogens with one attached hydrogen (secondary N) is 4. The molecule has 2 aromatic heterocycles. The average Bonchev–Trinajstić information content (AvgIpc) is 3.17. The van der Waals surface area contributed by atoms with Gasteiger partial charge in [0, 0.05) is 48.6 Å². The van der Waals surface area contributed by atoms with Gasteiger partial charge in [0.1, 0.15) is 46.9 Å². The molecule has 1 atom stereocenters. The van der Waals surface area contributed by atoms with Gasteiger partial charge in [-0.2, -0.15) is 5.26 Å². The molecule has 1 aliphatic carbocycles. The van der Waals surface area contributed by atoms with Crippen LogP contribution in [0.1, 0.15) is 87.6 Å². The molecular weight excluding hydrogens is 748 g/mol. The maximum absolute atomic E-state index is 13.4. The van der Waals surface area contributed by atoms with Crippen molar-refractivity contribution in [3.63, 3.8) is 0 Å². The number of nitriles is 1. The Balaban J connectivity index is 0.877. The SMILES string of the molecule is Cc1nc2c(OCCCCCNCCNc3ccc(C(=O)NC4C(C)(C)C(Oc5ccc(C#N)c(Cl)c5)C4(C)C)cn3)cccc2c(=O)n1C1CCC(=O)NC1=O. The number of hydrogen-bond acceptors (Lipinski definition) is 11. The van der Waals surface area contributed by atoms with E-state index < -0.39 is 11.9 Å². The minimum absolute atomic E-state index is 0.158. The zero-order valence-corrected chi connectivity index (χ0v) is 33.7. The number of para-hydroxylation sites is 1. The van der Waals surface area contributed by atoms with Gasteiger partial charge in [0.25, 0.3) is 11.5 Å². The van der Waals surface area contributed by atoms with E-state index in [0.29, 0.717) is 63.3 Å². The van der Waals surface area contributed by atoms with E-state index in [1.54, 1.807) is 61.7 Å². The molecule has 1 aliphatic heterocycles. The predicted octanol–water partition coefficient (Wildman–Crippen LogP) is 5.47. The number of aromatic nitrogens is 3. The highest BCUT2D eigenvalue weighted by molar-refractivity contribution is 6.31. The van der Waals surface area contributed by atoms with Crippen LogP contribution in [0.3, 0.4) is 0 Å². The summed E-state index contributed by atoms with van der Waals surface area (Å²) in [7, 11) is 0. The summed E-state index contributed by atoms with van der Waals surface area (Å²) in [5.74, 6) is 1.14. The Morgan fingerprint density at radius 3 is 2.53 bits per heavy atom. The summed E-state index contributed by atoms with van der Waals surface area (Å²) in [5, 5.41) is 22.1. The lowest BCUT2D eigenvalue weighted by Crippen LogP contribution is -2.74. The first-order valence-electron chi connectivity index (χ1n) is 19.3. The number of aryl methyl sites for hydroxylation is 1. The third-order valence-corrected chi connectivity index (χ3v) is 11.2. The summed E-state index contributed by atoms with van der Waals surface area (Å²) in [6.45, 7) is 12.6. The van der Waals surface area contributed by atoms with Gasteiger partial charge < -0.3 is 25.4 Å². The number of imide groups is 1. The second-order valence-corrected chi connectivity index (χ2v) is 16.2. The van der Waals surface area contributed by atoms with Gasteiger partial charge in [0.2, 0.25) is 11.8 Å². The summed E-state index contributed by atoms with van der Waals surface area (Å²) < 4.78 is 13.7. The second-order valence-electron chi connectivity index (χ2n) is 15.8. The molecule has 0 bridgehead atoms. The molecule has 15 heteroatoms. The number of halogens is 1. The van der Waals surface area contributed by atoms with Crippen molar-refractivity contribution < 1.29 is 23.9 Å². The zero-order valence-electron chi connectivity index (χ0n) is 32.9. The summed E-state index contributed by atoms with van der Waals surface area (Å²) in [4.78, 5) is 59.7. The van der Waals surface area contributed by atoms with Crippen LogP contribution in [-0.2, 0) is 9.59 Å². The van der Waals surface area contributed by atoms with Crippen LogP contribution in [0.2, 0.25) is 5.02 Å². The molecule has 2 aliphatic rings. The molecule has 4 N–H and O–H groups in total. The Kier molecular flexibility index (Phi) is 12.5. The van der Waals surface area contributed by atoms with Crippen molar-refractivity contribution in [2.24, 2.45) is 10.8 Å². The molecule has 14 nitrogen and oxygen atoms in total. The van der Waals surface area contributed by atoms with Crippen LogP contribution in [0.25, 0.3) is 10.9 Å². The van der Waals surface area contributed by atoms with E-state index in [9.17, 15) is 24.4 Å². The molecule has 0 spiro atoms. The van der Waals surface area contributed by atoms with Gasteiger partial charge in [-0.25, -0.2) is 9.97 Å². The number of ether oxygens (including phenoxy) is 2. The number of benzene rings is 2. The van der Waals surface area contributed by atoms with Crippen molar-refractivity contribution in [1.82, 2.24) is 30.5 Å². The largest absolute Gasteiger partial charge is 0.491 e. The van der Waals surface area contributed by atoms with Crippen LogP contribution in [-0.4, -0.2) is 70.6 Å². The van der Waals surface area contributed by atoms with Crippen molar-refractivity contribution in [2.75, 3.05) is 31.6 Å². The lowest BCUT2D eigenvalue weighted by Gasteiger charge is -2.63. The number of pyridine rings is 1. The van der Waals surface area contributed by atoms with Gasteiger partial charge in [0.15, 0.2) is 0 Å². The Hall–Kier alpha value is -5.52. The highest BCUT2D eigenvalue weighted by Gasteiger charge is 2.64. The van der Waals surface area contributed by atoms with Crippen molar-refractivity contribution >= 4 is 46.0 Å². The van der Waals surface area contributed by atoms with Crippen LogP contribution < -0.4 is 36.3 Å². The normalized spacial score (nSPS) is 19.6. The van der Waals surface area contributed by atoms with Crippen LogP contribution >= 0.6 is 11.6 Å². The molecule has 1 unspecified atom stereocenters. The van der Waals surface area contributed by atoms with E-state index in [-0.39, 0.29) is 53.2 Å². The van der Waals surface area contributed by atoms with Crippen LogP contribution in [0.5, 0.6) is 11.5 Å². The van der Waals surface area contributed by atoms with Gasteiger partial charge in [-0.1, -0.05) is 45.4 Å². The van der Waals surface area contributed by atoms with Gasteiger partial charge in [-0.05, 0) is 75.5 Å². The maximum Gasteiger partial charge on any atom is 0.262 e. The number of rotatable bonds is 16. The third-order valence-electron chi connectivity index (χ3n) is 10.9.